The van der Waals surface area contributed by atoms with Crippen molar-refractivity contribution < 1.29 is 19.1 Å². The topological polar surface area (TPSA) is 59.1 Å². The molecule has 6 heteroatoms. The number of rotatable bonds is 2. The highest BCUT2D eigenvalue weighted by Gasteiger charge is 2.35. The molecule has 0 saturated carbocycles. The highest BCUT2D eigenvalue weighted by Crippen LogP contribution is 2.42. The molecule has 0 bridgehead atoms. The van der Waals surface area contributed by atoms with E-state index in [9.17, 15) is 9.59 Å². The van der Waals surface area contributed by atoms with Crippen molar-refractivity contribution in [1.82, 2.24) is 9.80 Å². The Labute approximate surface area is 196 Å². The Morgan fingerprint density at radius 2 is 1.79 bits per heavy atom. The van der Waals surface area contributed by atoms with Crippen LogP contribution < -0.4 is 0 Å². The van der Waals surface area contributed by atoms with Crippen LogP contribution in [-0.2, 0) is 14.3 Å². The Bertz CT molecular complexity index is 1010. The molecular weight excluding hydrogens is 416 g/mol. The van der Waals surface area contributed by atoms with Crippen molar-refractivity contribution >= 4 is 17.6 Å². The molecule has 1 amide bonds. The highest BCUT2D eigenvalue weighted by atomic mass is 16.6. The molecule has 1 saturated heterocycles. The lowest BCUT2D eigenvalue weighted by atomic mass is 9.90. The third kappa shape index (κ3) is 5.06. The van der Waals surface area contributed by atoms with Crippen molar-refractivity contribution in [3.8, 4) is 0 Å². The van der Waals surface area contributed by atoms with Gasteiger partial charge < -0.3 is 14.4 Å². The van der Waals surface area contributed by atoms with E-state index in [0.717, 1.165) is 43.5 Å². The lowest BCUT2D eigenvalue weighted by Gasteiger charge is -2.40. The number of benzene rings is 1. The molecule has 0 N–H and O–H groups in total. The lowest BCUT2D eigenvalue weighted by molar-refractivity contribution is -0.133. The zero-order chi connectivity index (χ0) is 23.6. The Hall–Kier alpha value is -2.86. The zero-order valence-corrected chi connectivity index (χ0v) is 20.1. The number of amides is 1. The first kappa shape index (κ1) is 23.3. The van der Waals surface area contributed by atoms with E-state index in [-0.39, 0.29) is 18.1 Å². The third-order valence-electron chi connectivity index (χ3n) is 6.38. The smallest absolute Gasteiger partial charge is 0.410 e. The van der Waals surface area contributed by atoms with Crippen LogP contribution in [0.2, 0.25) is 0 Å². The maximum Gasteiger partial charge on any atom is 0.410 e. The summed E-state index contributed by atoms with van der Waals surface area (Å²) in [4.78, 5) is 29.6. The molecule has 2 aliphatic carbocycles. The van der Waals surface area contributed by atoms with Gasteiger partial charge in [0.25, 0.3) is 0 Å². The van der Waals surface area contributed by atoms with Gasteiger partial charge in [0.1, 0.15) is 5.60 Å². The monoisotopic (exact) mass is 450 g/mol. The number of fused-ring (bicyclic) bond motifs is 1. The van der Waals surface area contributed by atoms with Crippen LogP contribution in [-0.4, -0.2) is 60.8 Å². The van der Waals surface area contributed by atoms with Crippen LogP contribution in [0.4, 0.5) is 4.79 Å². The fraction of sp³-hybridized carbons (Fsp3) is 0.481. The summed E-state index contributed by atoms with van der Waals surface area (Å²) in [5, 5.41) is 0. The minimum Gasteiger partial charge on any atom is -0.465 e. The highest BCUT2D eigenvalue weighted by molar-refractivity contribution is 6.17. The predicted octanol–water partition coefficient (Wildman–Crippen LogP) is 4.89. The van der Waals surface area contributed by atoms with Gasteiger partial charge in [0.05, 0.1) is 18.7 Å². The van der Waals surface area contributed by atoms with Crippen LogP contribution in [0.3, 0.4) is 0 Å². The van der Waals surface area contributed by atoms with E-state index in [1.807, 2.05) is 45.0 Å². The first-order valence-corrected chi connectivity index (χ1v) is 11.8. The average molecular weight is 451 g/mol. The van der Waals surface area contributed by atoms with Crippen molar-refractivity contribution in [2.45, 2.75) is 51.7 Å². The van der Waals surface area contributed by atoms with Gasteiger partial charge in [-0.25, -0.2) is 9.59 Å². The molecule has 1 aromatic rings. The summed E-state index contributed by atoms with van der Waals surface area (Å²) in [6.45, 7) is 8.35. The van der Waals surface area contributed by atoms with Gasteiger partial charge in [0, 0.05) is 26.2 Å². The van der Waals surface area contributed by atoms with Crippen molar-refractivity contribution in [3.63, 3.8) is 0 Å². The quantitative estimate of drug-likeness (QED) is 0.601. The van der Waals surface area contributed by atoms with E-state index in [0.29, 0.717) is 18.7 Å². The second kappa shape index (κ2) is 9.56. The summed E-state index contributed by atoms with van der Waals surface area (Å²) in [6, 6.07) is 8.15. The van der Waals surface area contributed by atoms with E-state index in [4.69, 9.17) is 9.47 Å². The van der Waals surface area contributed by atoms with Crippen LogP contribution in [0, 0.1) is 0 Å². The molecule has 6 nitrogen and oxygen atoms in total. The molecule has 0 aromatic heterocycles. The molecule has 1 heterocycles. The minimum absolute atomic E-state index is 0.0183. The van der Waals surface area contributed by atoms with Gasteiger partial charge in [-0.1, -0.05) is 36.4 Å². The normalized spacial score (nSPS) is 21.4. The van der Waals surface area contributed by atoms with Gasteiger partial charge >= 0.3 is 12.1 Å². The fourth-order valence-corrected chi connectivity index (χ4v) is 4.86. The number of carbonyl (C=O) groups is 2. The largest absolute Gasteiger partial charge is 0.465 e. The number of piperazine rings is 1. The van der Waals surface area contributed by atoms with Gasteiger partial charge in [-0.05, 0) is 68.4 Å². The number of esters is 1. The Kier molecular flexibility index (Phi) is 6.75. The van der Waals surface area contributed by atoms with Gasteiger partial charge in [-0.3, -0.25) is 4.90 Å². The molecule has 0 radical (unpaired) electrons. The first-order chi connectivity index (χ1) is 15.8. The minimum atomic E-state index is -0.505. The number of allylic oxidation sites excluding steroid dienone is 3. The maximum atomic E-state index is 12.8. The number of methoxy groups -OCH3 is 1. The Balaban J connectivity index is 1.68. The van der Waals surface area contributed by atoms with Gasteiger partial charge in [-0.15, -0.1) is 0 Å². The molecule has 1 fully saturated rings. The summed E-state index contributed by atoms with van der Waals surface area (Å²) in [6.07, 6.45) is 9.25. The summed E-state index contributed by atoms with van der Waals surface area (Å²) in [5.74, 6) is -0.307. The number of carbonyl (C=O) groups excluding carboxylic acids is 2. The van der Waals surface area contributed by atoms with Crippen molar-refractivity contribution in [3.05, 3.63) is 64.8 Å². The third-order valence-corrected chi connectivity index (χ3v) is 6.38. The van der Waals surface area contributed by atoms with Gasteiger partial charge in [-0.2, -0.15) is 0 Å². The molecule has 1 atom stereocenters. The van der Waals surface area contributed by atoms with E-state index in [1.165, 1.54) is 18.3 Å². The molecule has 33 heavy (non-hydrogen) atoms. The summed E-state index contributed by atoms with van der Waals surface area (Å²) in [7, 11) is 1.44. The predicted molar refractivity (Wildman–Crippen MR) is 129 cm³/mol. The van der Waals surface area contributed by atoms with Crippen molar-refractivity contribution in [2.24, 2.45) is 0 Å². The lowest BCUT2D eigenvalue weighted by Crippen LogP contribution is -2.51. The Morgan fingerprint density at radius 1 is 1.06 bits per heavy atom. The van der Waals surface area contributed by atoms with Crippen LogP contribution in [0.15, 0.2) is 53.6 Å². The average Bonchev–Trinajstić information content (AvgIpc) is 3.09. The standard InChI is InChI=1S/C27H34N2O4/c1-27(2,3)33-26(31)29-16-14-28(15-17-29)24-20-11-7-5-6-10-19(20)18-23(25(30)32-4)21-12-8-9-13-22(21)24/h7-9,11-13,18,24H,5-6,10,14-17H2,1-4H3. The first-order valence-electron chi connectivity index (χ1n) is 11.8. The Morgan fingerprint density at radius 3 is 2.48 bits per heavy atom. The van der Waals surface area contributed by atoms with Crippen LogP contribution in [0.25, 0.3) is 5.57 Å². The van der Waals surface area contributed by atoms with Crippen LogP contribution >= 0.6 is 0 Å². The summed E-state index contributed by atoms with van der Waals surface area (Å²) >= 11 is 0. The maximum absolute atomic E-state index is 12.8. The second-order valence-corrected chi connectivity index (χ2v) is 9.82. The molecule has 3 aliphatic rings. The molecule has 0 spiro atoms. The molecular formula is C27H34N2O4. The van der Waals surface area contributed by atoms with Crippen LogP contribution in [0.1, 0.15) is 57.2 Å². The molecule has 176 valence electrons. The molecule has 4 rings (SSSR count). The number of hydrogen-bond acceptors (Lipinski definition) is 5. The zero-order valence-electron chi connectivity index (χ0n) is 20.1. The van der Waals surface area contributed by atoms with Gasteiger partial charge in [0.15, 0.2) is 0 Å². The fourth-order valence-electron chi connectivity index (χ4n) is 4.86. The number of ether oxygens (including phenoxy) is 2. The molecule has 1 unspecified atom stereocenters. The van der Waals surface area contributed by atoms with E-state index in [1.54, 1.807) is 4.90 Å². The number of hydrogen-bond donors (Lipinski definition) is 0. The van der Waals surface area contributed by atoms with Crippen molar-refractivity contribution in [1.29, 1.82) is 0 Å². The van der Waals surface area contributed by atoms with Crippen molar-refractivity contribution in [2.75, 3.05) is 33.3 Å². The van der Waals surface area contributed by atoms with E-state index in [2.05, 4.69) is 23.1 Å². The van der Waals surface area contributed by atoms with Gasteiger partial charge in [0.2, 0.25) is 0 Å². The second-order valence-electron chi connectivity index (χ2n) is 9.82. The van der Waals surface area contributed by atoms with E-state index < -0.39 is 5.60 Å². The molecule has 1 aliphatic heterocycles. The summed E-state index contributed by atoms with van der Waals surface area (Å²) < 4.78 is 10.7. The SMILES string of the molecule is COC(=O)C1=CC2=C(C=CCCC2)C(N2CCN(C(=O)OC(C)(C)C)CC2)c2ccccc21. The van der Waals surface area contributed by atoms with Crippen LogP contribution in [0.5, 0.6) is 0 Å². The summed E-state index contributed by atoms with van der Waals surface area (Å²) in [5.41, 5.74) is 4.58. The number of nitrogens with zero attached hydrogens (tertiary/aromatic N) is 2. The molecule has 1 aromatic carbocycles. The van der Waals surface area contributed by atoms with E-state index >= 15 is 0 Å².